The van der Waals surface area contributed by atoms with E-state index < -0.39 is 11.3 Å². The fraction of sp³-hybridized carbons (Fsp3) is 0.292. The summed E-state index contributed by atoms with van der Waals surface area (Å²) in [7, 11) is 3.33. The first-order valence-corrected chi connectivity index (χ1v) is 23.7. The number of hydrogen-bond acceptors (Lipinski definition) is 17. The Balaban J connectivity index is 0.000000271. The molecule has 18 nitrogen and oxygen atoms in total. The molecule has 21 heteroatoms. The van der Waals surface area contributed by atoms with Crippen LogP contribution in [-0.4, -0.2) is 110 Å². The molecule has 0 fully saturated rings. The highest BCUT2D eigenvalue weighted by Crippen LogP contribution is 2.32. The van der Waals surface area contributed by atoms with Crippen LogP contribution in [0, 0.1) is 13.8 Å². The minimum absolute atomic E-state index is 0.0738. The Bertz CT molecular complexity index is 2630. The number of nitrogens with one attached hydrogen (secondary N) is 5. The third-order valence-electron chi connectivity index (χ3n) is 9.27. The summed E-state index contributed by atoms with van der Waals surface area (Å²) in [6, 6.07) is 22.7. The van der Waals surface area contributed by atoms with Crippen LogP contribution >= 0.6 is 34.3 Å². The first kappa shape index (κ1) is 54.5. The van der Waals surface area contributed by atoms with Crippen LogP contribution in [0.1, 0.15) is 39.3 Å². The normalized spacial score (nSPS) is 11.6. The monoisotopic (exact) mass is 996 g/mol. The summed E-state index contributed by atoms with van der Waals surface area (Å²) < 4.78 is 11.4. The Kier molecular flexibility index (Phi) is 22.8. The van der Waals surface area contributed by atoms with Crippen molar-refractivity contribution in [3.8, 4) is 32.6 Å². The van der Waals surface area contributed by atoms with Gasteiger partial charge >= 0.3 is 0 Å². The van der Waals surface area contributed by atoms with E-state index >= 15 is 0 Å². The van der Waals surface area contributed by atoms with Gasteiger partial charge in [-0.15, -0.1) is 0 Å². The molecule has 0 spiro atoms. The number of anilines is 4. The van der Waals surface area contributed by atoms with Crippen molar-refractivity contribution >= 4 is 79.1 Å². The van der Waals surface area contributed by atoms with E-state index in [4.69, 9.17) is 21.1 Å². The Morgan fingerprint density at radius 3 is 1.55 bits per heavy atom. The lowest BCUT2D eigenvalue weighted by molar-refractivity contribution is -0.135. The number of carbonyl (C=O) groups excluding carboxylic acids is 4. The van der Waals surface area contributed by atoms with E-state index in [2.05, 4.69) is 56.5 Å². The molecule has 6 rings (SSSR count). The smallest absolute Gasteiger partial charge is 0.246 e. The molecule has 2 atom stereocenters. The van der Waals surface area contributed by atoms with Crippen LogP contribution in [0.4, 0.5) is 21.9 Å². The molecule has 0 saturated heterocycles. The first-order valence-electron chi connectivity index (χ1n) is 21.7. The van der Waals surface area contributed by atoms with Crippen molar-refractivity contribution in [2.45, 2.75) is 53.6 Å². The number of ether oxygens (including phenoxy) is 2. The van der Waals surface area contributed by atoms with E-state index in [9.17, 15) is 19.2 Å². The van der Waals surface area contributed by atoms with Crippen LogP contribution in [-0.2, 0) is 19.2 Å². The Hall–Kier alpha value is -7.13. The number of rotatable bonds is 20. The second-order valence-electron chi connectivity index (χ2n) is 14.5. The van der Waals surface area contributed by atoms with Gasteiger partial charge < -0.3 is 41.0 Å². The van der Waals surface area contributed by atoms with Gasteiger partial charge in [0, 0.05) is 31.6 Å². The first-order chi connectivity index (χ1) is 33.2. The van der Waals surface area contributed by atoms with Gasteiger partial charge in [0.15, 0.2) is 10.3 Å². The topological polar surface area (TPSA) is 227 Å². The lowest BCUT2D eigenvalue weighted by Crippen LogP contribution is -2.46. The minimum atomic E-state index is -0.597. The van der Waals surface area contributed by atoms with Crippen LogP contribution in [0.2, 0.25) is 0 Å². The summed E-state index contributed by atoms with van der Waals surface area (Å²) in [6.07, 6.45) is 9.60. The molecule has 364 valence electrons. The number of aryl methyl sites for hydroxylation is 2. The predicted molar refractivity (Wildman–Crippen MR) is 273 cm³/mol. The number of carbonyl (C=O) groups is 4. The van der Waals surface area contributed by atoms with Gasteiger partial charge in [-0.2, -0.15) is 9.97 Å². The second-order valence-corrected chi connectivity index (χ2v) is 17.0. The lowest BCUT2D eigenvalue weighted by atomic mass is 10.2. The van der Waals surface area contributed by atoms with Crippen molar-refractivity contribution in [1.82, 2.24) is 50.8 Å². The van der Waals surface area contributed by atoms with E-state index in [0.717, 1.165) is 26.0 Å². The summed E-state index contributed by atoms with van der Waals surface area (Å²) in [4.78, 5) is 75.3. The van der Waals surface area contributed by atoms with E-state index in [1.807, 2.05) is 73.1 Å². The van der Waals surface area contributed by atoms with Gasteiger partial charge in [0.2, 0.25) is 34.7 Å². The van der Waals surface area contributed by atoms with Crippen molar-refractivity contribution in [3.05, 3.63) is 121 Å². The summed E-state index contributed by atoms with van der Waals surface area (Å²) in [5, 5.41) is 15.9. The molecule has 0 bridgehead atoms. The predicted octanol–water partition coefficient (Wildman–Crippen LogP) is 7.65. The SMILES string of the molecule is C/C=C/C(=O)Cl.C/C=C/C(=O)N(C)[C@@H](C)C(=O)NCCOc1cc(Nc2ncc(-c3ccccc3)s2)nc(C)n1.CN[C@@H](C)C(=O)NCCOc1cc(Nc2ncc(-c3ccccc3)s2)nc(C)n1. The lowest BCUT2D eigenvalue weighted by Gasteiger charge is -2.22. The van der Waals surface area contributed by atoms with Gasteiger partial charge in [-0.3, -0.25) is 19.2 Å². The Morgan fingerprint density at radius 1 is 0.696 bits per heavy atom. The second kappa shape index (κ2) is 28.9. The van der Waals surface area contributed by atoms with Crippen LogP contribution < -0.4 is 36.1 Å². The zero-order chi connectivity index (χ0) is 50.1. The summed E-state index contributed by atoms with van der Waals surface area (Å²) in [5.41, 5.74) is 2.22. The molecule has 4 aromatic heterocycles. The molecule has 69 heavy (non-hydrogen) atoms. The third-order valence-corrected chi connectivity index (χ3v) is 11.3. The largest absolute Gasteiger partial charge is 0.476 e. The van der Waals surface area contributed by atoms with Crippen LogP contribution in [0.5, 0.6) is 11.8 Å². The number of nitrogens with zero attached hydrogens (tertiary/aromatic N) is 7. The highest BCUT2D eigenvalue weighted by Gasteiger charge is 2.20. The maximum atomic E-state index is 12.3. The molecule has 5 N–H and O–H groups in total. The van der Waals surface area contributed by atoms with Gasteiger partial charge in [-0.05, 0) is 83.5 Å². The average molecular weight is 998 g/mol. The highest BCUT2D eigenvalue weighted by atomic mass is 35.5. The van der Waals surface area contributed by atoms with Crippen LogP contribution in [0.15, 0.2) is 109 Å². The molecule has 0 aliphatic carbocycles. The molecule has 4 heterocycles. The van der Waals surface area contributed by atoms with Gasteiger partial charge in [0.05, 0.1) is 28.9 Å². The summed E-state index contributed by atoms with van der Waals surface area (Å²) in [5.74, 6) is 2.56. The van der Waals surface area contributed by atoms with Crippen molar-refractivity contribution in [2.24, 2.45) is 0 Å². The molecule has 0 aliphatic heterocycles. The van der Waals surface area contributed by atoms with E-state index in [1.165, 1.54) is 28.4 Å². The van der Waals surface area contributed by atoms with Crippen molar-refractivity contribution in [3.63, 3.8) is 0 Å². The van der Waals surface area contributed by atoms with Crippen LogP contribution in [0.25, 0.3) is 20.9 Å². The molecular weight excluding hydrogens is 940 g/mol. The highest BCUT2D eigenvalue weighted by molar-refractivity contribution is 7.19. The molecule has 0 saturated carbocycles. The Labute approximate surface area is 415 Å². The van der Waals surface area contributed by atoms with Gasteiger partial charge in [0.1, 0.15) is 42.5 Å². The average Bonchev–Trinajstić information content (AvgIpc) is 4.01. The molecule has 2 aromatic carbocycles. The number of allylic oxidation sites excluding steroid dienone is 3. The number of hydrogen-bond donors (Lipinski definition) is 5. The standard InChI is InChI=1S/C24H28N6O3S.C20H24N6O2S.C4H5ClO/c1-5-9-22(31)30(4)16(2)23(32)25-12-13-33-21-14-20(27-17(3)28-21)29-24-26-15-19(34-24)18-10-7-6-8-11-18;1-13(21-3)19(27)22-9-10-28-18-11-17(24-14(2)25-18)26-20-23-12-16(29-20)15-7-5-4-6-8-15;1-2-3-4(5)6/h5-11,14-16H,12-13H2,1-4H3,(H,25,32)(H,26,27,28,29);4-8,11-13,21H,9-10H2,1-3H3,(H,22,27)(H,23,24,25,26);2-3H,1H3/b9-5+;;3-2+/t16-;13-;/m00./s1. The maximum Gasteiger partial charge on any atom is 0.246 e. The summed E-state index contributed by atoms with van der Waals surface area (Å²) in [6.45, 7) is 11.7. The molecule has 0 unspecified atom stereocenters. The fourth-order valence-electron chi connectivity index (χ4n) is 5.56. The number of likely N-dealkylation sites (N-methyl/N-ethyl adjacent to an activating group) is 2. The van der Waals surface area contributed by atoms with Crippen LogP contribution in [0.3, 0.4) is 0 Å². The fourth-order valence-corrected chi connectivity index (χ4v) is 7.34. The number of halogens is 1. The Morgan fingerprint density at radius 2 is 1.14 bits per heavy atom. The number of amides is 3. The van der Waals surface area contributed by atoms with Crippen molar-refractivity contribution < 1.29 is 28.7 Å². The zero-order valence-corrected chi connectivity index (χ0v) is 42.0. The quantitative estimate of drug-likeness (QED) is 0.0281. The van der Waals surface area contributed by atoms with Gasteiger partial charge in [-0.1, -0.05) is 95.5 Å². The van der Waals surface area contributed by atoms with Crippen molar-refractivity contribution in [1.29, 1.82) is 0 Å². The molecule has 0 radical (unpaired) electrons. The number of aromatic nitrogens is 6. The molecular formula is C48H57ClN12O6S2. The zero-order valence-electron chi connectivity index (χ0n) is 39.6. The third kappa shape index (κ3) is 19.2. The van der Waals surface area contributed by atoms with Crippen molar-refractivity contribution in [2.75, 3.05) is 51.0 Å². The summed E-state index contributed by atoms with van der Waals surface area (Å²) >= 11 is 7.92. The molecule has 3 amide bonds. The van der Waals surface area contributed by atoms with E-state index in [0.29, 0.717) is 53.3 Å². The van der Waals surface area contributed by atoms with Gasteiger partial charge in [-0.25, -0.2) is 19.9 Å². The maximum absolute atomic E-state index is 12.3. The minimum Gasteiger partial charge on any atom is -0.476 e. The molecule has 0 aliphatic rings. The van der Waals surface area contributed by atoms with E-state index in [-0.39, 0.29) is 36.9 Å². The van der Waals surface area contributed by atoms with E-state index in [1.54, 1.807) is 91.3 Å². The number of benzene rings is 2. The number of thiazole rings is 2. The molecule has 6 aromatic rings. The van der Waals surface area contributed by atoms with Gasteiger partial charge in [0.25, 0.3) is 0 Å².